The Kier molecular flexibility index (Phi) is 6.67. The molecule has 2 aromatic heterocycles. The molecule has 2 N–H and O–H groups in total. The average Bonchev–Trinajstić information content (AvgIpc) is 3.27. The van der Waals surface area contributed by atoms with Crippen molar-refractivity contribution in [2.24, 2.45) is 0 Å². The van der Waals surface area contributed by atoms with Crippen LogP contribution in [0.5, 0.6) is 0 Å². The van der Waals surface area contributed by atoms with E-state index >= 15 is 0 Å². The van der Waals surface area contributed by atoms with Crippen molar-refractivity contribution in [2.75, 3.05) is 41.8 Å². The summed E-state index contributed by atoms with van der Waals surface area (Å²) in [5.74, 6) is 0.348. The summed E-state index contributed by atoms with van der Waals surface area (Å²) in [6.07, 6.45) is 6.73. The van der Waals surface area contributed by atoms with Crippen LogP contribution < -0.4 is 15.5 Å². The second-order valence-electron chi connectivity index (χ2n) is 8.24. The molecule has 0 bridgehead atoms. The van der Waals surface area contributed by atoms with Crippen molar-refractivity contribution in [2.45, 2.75) is 13.5 Å². The lowest BCUT2D eigenvalue weighted by Crippen LogP contribution is -2.36. The van der Waals surface area contributed by atoms with Gasteiger partial charge in [0.1, 0.15) is 0 Å². The smallest absolute Gasteiger partial charge is 0.248 e. The molecule has 1 fully saturated rings. The van der Waals surface area contributed by atoms with Crippen molar-refractivity contribution in [1.82, 2.24) is 19.7 Å². The van der Waals surface area contributed by atoms with E-state index in [1.165, 1.54) is 11.8 Å². The number of aromatic nitrogens is 4. The lowest BCUT2D eigenvalue weighted by molar-refractivity contribution is -0.111. The van der Waals surface area contributed by atoms with Gasteiger partial charge in [-0.25, -0.2) is 9.67 Å². The van der Waals surface area contributed by atoms with Crippen molar-refractivity contribution in [3.8, 4) is 0 Å². The van der Waals surface area contributed by atoms with E-state index in [1.807, 2.05) is 48.0 Å². The van der Waals surface area contributed by atoms with E-state index in [-0.39, 0.29) is 5.91 Å². The van der Waals surface area contributed by atoms with Crippen LogP contribution in [0.15, 0.2) is 73.1 Å². The second-order valence-corrected chi connectivity index (χ2v) is 8.24. The third-order valence-corrected chi connectivity index (χ3v) is 5.72. The number of benzene rings is 2. The number of rotatable bonds is 7. The Balaban J connectivity index is 1.30. The first-order valence-electron chi connectivity index (χ1n) is 11.6. The highest BCUT2D eigenvalue weighted by Crippen LogP contribution is 2.22. The van der Waals surface area contributed by atoms with Gasteiger partial charge in [-0.15, -0.1) is 0 Å². The first-order chi connectivity index (χ1) is 17.2. The maximum atomic E-state index is 11.9. The Labute approximate surface area is 203 Å². The zero-order valence-electron chi connectivity index (χ0n) is 19.5. The largest absolute Gasteiger partial charge is 0.378 e. The summed E-state index contributed by atoms with van der Waals surface area (Å²) in [7, 11) is 0. The van der Waals surface area contributed by atoms with Gasteiger partial charge in [0.05, 0.1) is 31.3 Å². The zero-order chi connectivity index (χ0) is 24.0. The van der Waals surface area contributed by atoms with Gasteiger partial charge < -0.3 is 20.3 Å². The molecule has 9 heteroatoms. The van der Waals surface area contributed by atoms with Crippen LogP contribution in [0, 0.1) is 0 Å². The van der Waals surface area contributed by atoms with Crippen molar-refractivity contribution >= 4 is 40.0 Å². The monoisotopic (exact) mass is 469 g/mol. The number of hydrogen-bond donors (Lipinski definition) is 2. The van der Waals surface area contributed by atoms with Crippen LogP contribution in [0.1, 0.15) is 12.5 Å². The fraction of sp³-hybridized carbons (Fsp3) is 0.231. The third kappa shape index (κ3) is 5.47. The molecule has 35 heavy (non-hydrogen) atoms. The van der Waals surface area contributed by atoms with Gasteiger partial charge in [-0.05, 0) is 55.0 Å². The van der Waals surface area contributed by atoms with Gasteiger partial charge in [0, 0.05) is 36.3 Å². The SMILES string of the molecule is C/C=C/C(=O)Nc1cccc(Cn2ncc3cnc(Nc4ccc(N5CCOCC5)cc4)nc32)c1. The number of carbonyl (C=O) groups excluding carboxylic acids is 1. The molecule has 0 saturated carbocycles. The molecule has 0 atom stereocenters. The van der Waals surface area contributed by atoms with E-state index in [9.17, 15) is 4.79 Å². The number of hydrogen-bond acceptors (Lipinski definition) is 7. The maximum Gasteiger partial charge on any atom is 0.248 e. The van der Waals surface area contributed by atoms with Crippen molar-refractivity contribution < 1.29 is 9.53 Å². The van der Waals surface area contributed by atoms with Crippen molar-refractivity contribution in [3.63, 3.8) is 0 Å². The van der Waals surface area contributed by atoms with Crippen LogP contribution in [-0.2, 0) is 16.1 Å². The van der Waals surface area contributed by atoms with Crippen LogP contribution in [0.2, 0.25) is 0 Å². The lowest BCUT2D eigenvalue weighted by atomic mass is 10.2. The zero-order valence-corrected chi connectivity index (χ0v) is 19.5. The van der Waals surface area contributed by atoms with Gasteiger partial charge in [0.15, 0.2) is 5.65 Å². The minimum Gasteiger partial charge on any atom is -0.378 e. The van der Waals surface area contributed by atoms with Crippen LogP contribution in [0.25, 0.3) is 11.0 Å². The average molecular weight is 470 g/mol. The van der Waals surface area contributed by atoms with Crippen molar-refractivity contribution in [3.05, 3.63) is 78.6 Å². The van der Waals surface area contributed by atoms with Gasteiger partial charge in [-0.2, -0.15) is 10.1 Å². The predicted molar refractivity (Wildman–Crippen MR) is 137 cm³/mol. The standard InChI is InChI=1S/C26H27N7O2/c1-2-4-24(34)29-22-6-3-5-19(15-22)18-33-25-20(17-28-33)16-27-26(31-25)30-21-7-9-23(10-8-21)32-11-13-35-14-12-32/h2-10,15-17H,11-14,18H2,1H3,(H,29,34)(H,27,30,31)/b4-2+. The highest BCUT2D eigenvalue weighted by atomic mass is 16.5. The number of anilines is 4. The van der Waals surface area contributed by atoms with E-state index < -0.39 is 0 Å². The summed E-state index contributed by atoms with van der Waals surface area (Å²) in [4.78, 5) is 23.3. The second kappa shape index (κ2) is 10.4. The van der Waals surface area contributed by atoms with Gasteiger partial charge in [0.25, 0.3) is 0 Å². The van der Waals surface area contributed by atoms with E-state index in [0.29, 0.717) is 12.5 Å². The summed E-state index contributed by atoms with van der Waals surface area (Å²) in [5, 5.41) is 11.5. The molecule has 1 aliphatic heterocycles. The number of ether oxygens (including phenoxy) is 1. The van der Waals surface area contributed by atoms with Crippen molar-refractivity contribution in [1.29, 1.82) is 0 Å². The highest BCUT2D eigenvalue weighted by molar-refractivity contribution is 5.99. The normalized spacial score (nSPS) is 13.9. The Morgan fingerprint density at radius 2 is 1.91 bits per heavy atom. The maximum absolute atomic E-state index is 11.9. The molecule has 3 heterocycles. The molecule has 2 aromatic carbocycles. The topological polar surface area (TPSA) is 97.2 Å². The van der Waals surface area contributed by atoms with Crippen LogP contribution in [0.3, 0.4) is 0 Å². The molecule has 178 valence electrons. The van der Waals surface area contributed by atoms with Crippen LogP contribution >= 0.6 is 0 Å². The number of nitrogens with one attached hydrogen (secondary N) is 2. The molecule has 4 aromatic rings. The summed E-state index contributed by atoms with van der Waals surface area (Å²) >= 11 is 0. The summed E-state index contributed by atoms with van der Waals surface area (Å²) in [6, 6.07) is 16.0. The van der Waals surface area contributed by atoms with Gasteiger partial charge in [0.2, 0.25) is 11.9 Å². The molecule has 9 nitrogen and oxygen atoms in total. The number of amides is 1. The Morgan fingerprint density at radius 3 is 2.71 bits per heavy atom. The van der Waals surface area contributed by atoms with Gasteiger partial charge in [-0.3, -0.25) is 4.79 Å². The van der Waals surface area contributed by atoms with E-state index in [0.717, 1.165) is 54.3 Å². The summed E-state index contributed by atoms with van der Waals surface area (Å²) in [5.41, 5.74) is 4.56. The van der Waals surface area contributed by atoms with E-state index in [1.54, 1.807) is 18.5 Å². The molecule has 0 unspecified atom stereocenters. The summed E-state index contributed by atoms with van der Waals surface area (Å²) in [6.45, 7) is 5.66. The van der Waals surface area contributed by atoms with Crippen LogP contribution in [0.4, 0.5) is 23.0 Å². The number of nitrogens with zero attached hydrogens (tertiary/aromatic N) is 5. The molecule has 0 spiro atoms. The Bertz CT molecular complexity index is 1340. The molecule has 1 saturated heterocycles. The Morgan fingerprint density at radius 1 is 1.09 bits per heavy atom. The molecule has 1 aliphatic rings. The lowest BCUT2D eigenvalue weighted by Gasteiger charge is -2.28. The first kappa shape index (κ1) is 22.5. The molecule has 0 aliphatic carbocycles. The quantitative estimate of drug-likeness (QED) is 0.395. The van der Waals surface area contributed by atoms with Gasteiger partial charge in [-0.1, -0.05) is 18.2 Å². The number of morpholine rings is 1. The number of carbonyl (C=O) groups is 1. The molecular formula is C26H27N7O2. The predicted octanol–water partition coefficient (Wildman–Crippen LogP) is 3.97. The number of allylic oxidation sites excluding steroid dienone is 1. The van der Waals surface area contributed by atoms with E-state index in [2.05, 4.69) is 37.7 Å². The summed E-state index contributed by atoms with van der Waals surface area (Å²) < 4.78 is 7.26. The minimum absolute atomic E-state index is 0.157. The van der Waals surface area contributed by atoms with Crippen LogP contribution in [-0.4, -0.2) is 52.0 Å². The Hall–Kier alpha value is -4.24. The molecule has 1 amide bonds. The minimum atomic E-state index is -0.157. The fourth-order valence-corrected chi connectivity index (χ4v) is 4.00. The third-order valence-electron chi connectivity index (χ3n) is 5.72. The van der Waals surface area contributed by atoms with E-state index in [4.69, 9.17) is 9.72 Å². The van der Waals surface area contributed by atoms with Gasteiger partial charge >= 0.3 is 0 Å². The first-order valence-corrected chi connectivity index (χ1v) is 11.6. The molecule has 5 rings (SSSR count). The molecular weight excluding hydrogens is 442 g/mol. The fourth-order valence-electron chi connectivity index (χ4n) is 4.00. The highest BCUT2D eigenvalue weighted by Gasteiger charge is 2.12. The number of fused-ring (bicyclic) bond motifs is 1. The molecule has 0 radical (unpaired) electrons.